The fourth-order valence-corrected chi connectivity index (χ4v) is 4.95. The first-order valence-electron chi connectivity index (χ1n) is 9.22. The van der Waals surface area contributed by atoms with Crippen molar-refractivity contribution in [1.29, 1.82) is 0 Å². The summed E-state index contributed by atoms with van der Waals surface area (Å²) in [5.74, 6) is -1.00. The van der Waals surface area contributed by atoms with Crippen molar-refractivity contribution in [3.8, 4) is 0 Å². The molecule has 0 radical (unpaired) electrons. The zero-order valence-corrected chi connectivity index (χ0v) is 17.6. The highest BCUT2D eigenvalue weighted by Crippen LogP contribution is 2.43. The summed E-state index contributed by atoms with van der Waals surface area (Å²) in [6.07, 6.45) is 0.100. The molecular weight excluding hydrogens is 396 g/mol. The van der Waals surface area contributed by atoms with E-state index in [1.54, 1.807) is 11.8 Å². The Morgan fingerprint density at radius 1 is 1.25 bits per heavy atom. The molecule has 3 rings (SSSR count). The van der Waals surface area contributed by atoms with Gasteiger partial charge in [-0.2, -0.15) is 0 Å². The average Bonchev–Trinajstić information content (AvgIpc) is 3.30. The minimum atomic E-state index is -3.15. The maximum atomic E-state index is 12.8. The Morgan fingerprint density at radius 3 is 2.57 bits per heavy atom. The van der Waals surface area contributed by atoms with Gasteiger partial charge in [-0.3, -0.25) is 9.59 Å². The van der Waals surface area contributed by atoms with Gasteiger partial charge in [-0.25, -0.2) is 8.42 Å². The van der Waals surface area contributed by atoms with Crippen LogP contribution >= 0.6 is 11.3 Å². The van der Waals surface area contributed by atoms with E-state index >= 15 is 0 Å². The zero-order chi connectivity index (χ0) is 20.3. The third kappa shape index (κ3) is 4.44. The number of nitrogens with one attached hydrogen (secondary N) is 1. The first kappa shape index (κ1) is 20.5. The lowest BCUT2D eigenvalue weighted by atomic mass is 9.97. The highest BCUT2D eigenvalue weighted by Gasteiger charge is 2.45. The van der Waals surface area contributed by atoms with E-state index in [9.17, 15) is 18.0 Å². The van der Waals surface area contributed by atoms with Gasteiger partial charge >= 0.3 is 0 Å². The first-order chi connectivity index (χ1) is 13.3. The Labute approximate surface area is 169 Å². The molecule has 28 heavy (non-hydrogen) atoms. The molecule has 2 aromatic rings. The Bertz CT molecular complexity index is 937. The molecule has 0 aliphatic carbocycles. The summed E-state index contributed by atoms with van der Waals surface area (Å²) >= 11 is 1.51. The van der Waals surface area contributed by atoms with Gasteiger partial charge in [0.25, 0.3) is 0 Å². The van der Waals surface area contributed by atoms with Crippen LogP contribution in [0.1, 0.15) is 29.8 Å². The Kier molecular flexibility index (Phi) is 6.20. The van der Waals surface area contributed by atoms with E-state index in [0.29, 0.717) is 0 Å². The van der Waals surface area contributed by atoms with Crippen molar-refractivity contribution in [1.82, 2.24) is 5.32 Å². The highest BCUT2D eigenvalue weighted by atomic mass is 32.2. The molecule has 1 N–H and O–H groups in total. The summed E-state index contributed by atoms with van der Waals surface area (Å²) in [5.41, 5.74) is 1.85. The van der Waals surface area contributed by atoms with Gasteiger partial charge in [0.05, 0.1) is 17.7 Å². The Morgan fingerprint density at radius 2 is 1.96 bits per heavy atom. The molecule has 1 aromatic carbocycles. The molecule has 1 aromatic heterocycles. The summed E-state index contributed by atoms with van der Waals surface area (Å²) in [6, 6.07) is 11.1. The van der Waals surface area contributed by atoms with Crippen LogP contribution in [0.5, 0.6) is 0 Å². The largest absolute Gasteiger partial charge is 0.355 e. The number of benzene rings is 1. The number of rotatable bonds is 7. The van der Waals surface area contributed by atoms with E-state index in [1.807, 2.05) is 48.7 Å². The summed E-state index contributed by atoms with van der Waals surface area (Å²) in [4.78, 5) is 28.3. The summed E-state index contributed by atoms with van der Waals surface area (Å²) in [5, 5.41) is 4.64. The van der Waals surface area contributed by atoms with Crippen LogP contribution in [0.25, 0.3) is 0 Å². The lowest BCUT2D eigenvalue weighted by Crippen LogP contribution is -2.37. The summed E-state index contributed by atoms with van der Waals surface area (Å²) in [7, 11) is -3.15. The molecule has 0 spiro atoms. The predicted octanol–water partition coefficient (Wildman–Crippen LogP) is 2.70. The molecule has 2 unspecified atom stereocenters. The number of amides is 2. The van der Waals surface area contributed by atoms with Gasteiger partial charge in [-0.05, 0) is 30.5 Å². The van der Waals surface area contributed by atoms with Gasteiger partial charge < -0.3 is 10.2 Å². The van der Waals surface area contributed by atoms with Crippen LogP contribution in [-0.2, 0) is 19.4 Å². The number of carbonyl (C=O) groups excluding carboxylic acids is 2. The standard InChI is InChI=1S/C20H24N2O4S2/c1-3-28(25,26)12-10-21-20(24)16-13-18(23)22(15-8-6-14(2)7-9-15)19(16)17-5-4-11-27-17/h4-9,11,16,19H,3,10,12-13H2,1-2H3,(H,21,24). The maximum absolute atomic E-state index is 12.8. The molecule has 0 bridgehead atoms. The molecule has 1 fully saturated rings. The molecule has 2 amide bonds. The number of aryl methyl sites for hydroxylation is 1. The predicted molar refractivity (Wildman–Crippen MR) is 111 cm³/mol. The smallest absolute Gasteiger partial charge is 0.228 e. The van der Waals surface area contributed by atoms with Crippen molar-refractivity contribution in [2.24, 2.45) is 5.92 Å². The van der Waals surface area contributed by atoms with E-state index in [-0.39, 0.29) is 36.3 Å². The number of hydrogen-bond acceptors (Lipinski definition) is 5. The van der Waals surface area contributed by atoms with E-state index in [2.05, 4.69) is 5.32 Å². The monoisotopic (exact) mass is 420 g/mol. The van der Waals surface area contributed by atoms with E-state index in [4.69, 9.17) is 0 Å². The fourth-order valence-electron chi connectivity index (χ4n) is 3.37. The third-order valence-electron chi connectivity index (χ3n) is 4.96. The number of anilines is 1. The van der Waals surface area contributed by atoms with Crippen molar-refractivity contribution in [2.75, 3.05) is 23.0 Å². The topological polar surface area (TPSA) is 83.5 Å². The van der Waals surface area contributed by atoms with Crippen LogP contribution in [0.4, 0.5) is 5.69 Å². The Hall–Kier alpha value is -2.19. The maximum Gasteiger partial charge on any atom is 0.228 e. The van der Waals surface area contributed by atoms with Crippen molar-refractivity contribution >= 4 is 38.7 Å². The zero-order valence-electron chi connectivity index (χ0n) is 15.9. The number of hydrogen-bond donors (Lipinski definition) is 1. The number of nitrogens with zero attached hydrogens (tertiary/aromatic N) is 1. The molecule has 8 heteroatoms. The van der Waals surface area contributed by atoms with Crippen LogP contribution in [0.15, 0.2) is 41.8 Å². The van der Waals surface area contributed by atoms with Crippen LogP contribution in [0.3, 0.4) is 0 Å². The second kappa shape index (κ2) is 8.45. The van der Waals surface area contributed by atoms with Crippen molar-refractivity contribution in [2.45, 2.75) is 26.3 Å². The van der Waals surface area contributed by atoms with Gasteiger partial charge in [0, 0.05) is 29.3 Å². The molecular formula is C20H24N2O4S2. The molecule has 1 saturated heterocycles. The normalized spacial score (nSPS) is 19.8. The first-order valence-corrected chi connectivity index (χ1v) is 11.9. The average molecular weight is 421 g/mol. The molecule has 6 nitrogen and oxygen atoms in total. The van der Waals surface area contributed by atoms with Gasteiger partial charge in [0.1, 0.15) is 0 Å². The van der Waals surface area contributed by atoms with E-state index < -0.39 is 21.8 Å². The lowest BCUT2D eigenvalue weighted by molar-refractivity contribution is -0.126. The SMILES string of the molecule is CCS(=O)(=O)CCNC(=O)C1CC(=O)N(c2ccc(C)cc2)C1c1cccs1. The summed E-state index contributed by atoms with van der Waals surface area (Å²) in [6.45, 7) is 3.62. The quantitative estimate of drug-likeness (QED) is 0.747. The molecule has 2 heterocycles. The minimum Gasteiger partial charge on any atom is -0.355 e. The van der Waals surface area contributed by atoms with Crippen molar-refractivity contribution in [3.63, 3.8) is 0 Å². The van der Waals surface area contributed by atoms with Crippen LogP contribution in [0.2, 0.25) is 0 Å². The molecule has 0 saturated carbocycles. The van der Waals surface area contributed by atoms with Crippen molar-refractivity contribution in [3.05, 3.63) is 52.2 Å². The minimum absolute atomic E-state index is 0.0454. The van der Waals surface area contributed by atoms with E-state index in [0.717, 1.165) is 16.1 Å². The van der Waals surface area contributed by atoms with Crippen LogP contribution in [0, 0.1) is 12.8 Å². The number of thiophene rings is 1. The van der Waals surface area contributed by atoms with E-state index in [1.165, 1.54) is 11.3 Å². The van der Waals surface area contributed by atoms with Crippen LogP contribution < -0.4 is 10.2 Å². The summed E-state index contributed by atoms with van der Waals surface area (Å²) < 4.78 is 23.3. The number of carbonyl (C=O) groups is 2. The number of sulfone groups is 1. The van der Waals surface area contributed by atoms with Gasteiger partial charge in [-0.1, -0.05) is 30.7 Å². The molecule has 2 atom stereocenters. The van der Waals surface area contributed by atoms with Gasteiger partial charge in [0.2, 0.25) is 11.8 Å². The van der Waals surface area contributed by atoms with Crippen molar-refractivity contribution < 1.29 is 18.0 Å². The van der Waals surface area contributed by atoms with Crippen LogP contribution in [-0.4, -0.2) is 38.3 Å². The molecule has 1 aliphatic heterocycles. The van der Waals surface area contributed by atoms with Gasteiger partial charge in [-0.15, -0.1) is 11.3 Å². The second-order valence-electron chi connectivity index (χ2n) is 6.90. The molecule has 1 aliphatic rings. The third-order valence-corrected chi connectivity index (χ3v) is 7.61. The van der Waals surface area contributed by atoms with Gasteiger partial charge in [0.15, 0.2) is 9.84 Å². The highest BCUT2D eigenvalue weighted by molar-refractivity contribution is 7.91. The lowest BCUT2D eigenvalue weighted by Gasteiger charge is -2.27. The fraction of sp³-hybridized carbons (Fsp3) is 0.400. The molecule has 150 valence electrons. The Balaban J connectivity index is 1.83. The second-order valence-corrected chi connectivity index (χ2v) is 10.3.